The smallest absolute Gasteiger partial charge is 0.265 e. The number of nitrogens with zero attached hydrogens (tertiary/aromatic N) is 1. The topological polar surface area (TPSA) is 20.3 Å². The molecule has 2 rings (SSSR count). The SMILES string of the molecule is CCCCCCN1C(=O)/C(=C/[C@H]2CC=CCC2)SC1=S. The van der Waals surface area contributed by atoms with E-state index in [9.17, 15) is 4.79 Å². The summed E-state index contributed by atoms with van der Waals surface area (Å²) in [7, 11) is 0. The summed E-state index contributed by atoms with van der Waals surface area (Å²) in [6, 6.07) is 0. The van der Waals surface area contributed by atoms with E-state index in [4.69, 9.17) is 12.2 Å². The Balaban J connectivity index is 1.90. The van der Waals surface area contributed by atoms with E-state index in [1.807, 2.05) is 0 Å². The summed E-state index contributed by atoms with van der Waals surface area (Å²) >= 11 is 6.84. The summed E-state index contributed by atoms with van der Waals surface area (Å²) in [5.74, 6) is 0.639. The number of rotatable bonds is 6. The standard InChI is InChI=1S/C16H23NOS2/c1-2-3-4-8-11-17-15(18)14(20-16(17)19)12-13-9-6-5-7-10-13/h5-6,12-13H,2-4,7-11H2,1H3/b14-12-/t13-/m0/s1. The maximum Gasteiger partial charge on any atom is 0.265 e. The van der Waals surface area contributed by atoms with Crippen molar-refractivity contribution < 1.29 is 4.79 Å². The van der Waals surface area contributed by atoms with E-state index >= 15 is 0 Å². The van der Waals surface area contributed by atoms with Crippen LogP contribution < -0.4 is 0 Å². The van der Waals surface area contributed by atoms with Gasteiger partial charge in [-0.3, -0.25) is 9.69 Å². The van der Waals surface area contributed by atoms with Crippen LogP contribution in [0.4, 0.5) is 0 Å². The Morgan fingerprint density at radius 2 is 2.25 bits per heavy atom. The first-order chi connectivity index (χ1) is 9.72. The fraction of sp³-hybridized carbons (Fsp3) is 0.625. The van der Waals surface area contributed by atoms with Gasteiger partial charge in [0.05, 0.1) is 4.91 Å². The van der Waals surface area contributed by atoms with Gasteiger partial charge in [0.1, 0.15) is 4.32 Å². The Labute approximate surface area is 131 Å². The van der Waals surface area contributed by atoms with Crippen molar-refractivity contribution in [3.05, 3.63) is 23.1 Å². The number of hydrogen-bond acceptors (Lipinski definition) is 3. The Morgan fingerprint density at radius 3 is 2.95 bits per heavy atom. The minimum absolute atomic E-state index is 0.131. The lowest BCUT2D eigenvalue weighted by Gasteiger charge is -2.15. The molecule has 1 aliphatic heterocycles. The number of carbonyl (C=O) groups is 1. The third-order valence-electron chi connectivity index (χ3n) is 3.81. The highest BCUT2D eigenvalue weighted by Gasteiger charge is 2.31. The van der Waals surface area contributed by atoms with E-state index in [0.717, 1.165) is 41.5 Å². The number of thioether (sulfide) groups is 1. The molecule has 0 spiro atoms. The van der Waals surface area contributed by atoms with Crippen LogP contribution in [0.5, 0.6) is 0 Å². The highest BCUT2D eigenvalue weighted by atomic mass is 32.2. The monoisotopic (exact) mass is 309 g/mol. The van der Waals surface area contributed by atoms with E-state index < -0.39 is 0 Å². The molecule has 0 N–H and O–H groups in total. The molecule has 0 saturated carbocycles. The molecule has 2 nitrogen and oxygen atoms in total. The van der Waals surface area contributed by atoms with Crippen LogP contribution in [-0.4, -0.2) is 21.7 Å². The van der Waals surface area contributed by atoms with E-state index in [0.29, 0.717) is 5.92 Å². The van der Waals surface area contributed by atoms with Gasteiger partial charge in [0.2, 0.25) is 0 Å². The summed E-state index contributed by atoms with van der Waals surface area (Å²) < 4.78 is 0.740. The van der Waals surface area contributed by atoms with Crippen molar-refractivity contribution in [2.45, 2.75) is 51.9 Å². The largest absolute Gasteiger partial charge is 0.293 e. The molecule has 110 valence electrons. The van der Waals surface area contributed by atoms with Gasteiger partial charge < -0.3 is 0 Å². The first kappa shape index (κ1) is 15.8. The van der Waals surface area contributed by atoms with Crippen molar-refractivity contribution in [2.75, 3.05) is 6.54 Å². The Kier molecular flexibility index (Phi) is 6.30. The normalized spacial score (nSPS) is 24.9. The summed E-state index contributed by atoms with van der Waals surface area (Å²) in [5.41, 5.74) is 0. The minimum atomic E-state index is 0.131. The second kappa shape index (κ2) is 7.99. The van der Waals surface area contributed by atoms with E-state index in [2.05, 4.69) is 25.2 Å². The molecule has 4 heteroatoms. The van der Waals surface area contributed by atoms with Crippen LogP contribution in [0.1, 0.15) is 51.9 Å². The lowest BCUT2D eigenvalue weighted by atomic mass is 9.94. The van der Waals surface area contributed by atoms with Crippen LogP contribution in [0, 0.1) is 5.92 Å². The molecule has 1 fully saturated rings. The Bertz CT molecular complexity index is 428. The van der Waals surface area contributed by atoms with Crippen molar-refractivity contribution in [1.82, 2.24) is 4.90 Å². The average molecular weight is 310 g/mol. The molecule has 2 aliphatic rings. The average Bonchev–Trinajstić information content (AvgIpc) is 2.72. The van der Waals surface area contributed by atoms with Crippen LogP contribution in [0.15, 0.2) is 23.1 Å². The van der Waals surface area contributed by atoms with Gasteiger partial charge in [-0.25, -0.2) is 0 Å². The maximum absolute atomic E-state index is 12.4. The van der Waals surface area contributed by atoms with Gasteiger partial charge in [0.15, 0.2) is 0 Å². The van der Waals surface area contributed by atoms with Crippen LogP contribution in [0.3, 0.4) is 0 Å². The number of unbranched alkanes of at least 4 members (excludes halogenated alkanes) is 3. The third kappa shape index (κ3) is 4.19. The first-order valence-electron chi connectivity index (χ1n) is 7.63. The maximum atomic E-state index is 12.4. The third-order valence-corrected chi connectivity index (χ3v) is 5.20. The van der Waals surface area contributed by atoms with E-state index in [-0.39, 0.29) is 5.91 Å². The molecule has 0 unspecified atom stereocenters. The molecule has 1 atom stereocenters. The molecular formula is C16H23NOS2. The summed E-state index contributed by atoms with van der Waals surface area (Å²) in [4.78, 5) is 15.0. The van der Waals surface area contributed by atoms with Crippen LogP contribution in [0.2, 0.25) is 0 Å². The first-order valence-corrected chi connectivity index (χ1v) is 8.85. The lowest BCUT2D eigenvalue weighted by Crippen LogP contribution is -2.29. The predicted octanol–water partition coefficient (Wildman–Crippen LogP) is 4.67. The molecule has 0 radical (unpaired) electrons. The molecule has 20 heavy (non-hydrogen) atoms. The molecule has 1 aliphatic carbocycles. The summed E-state index contributed by atoms with van der Waals surface area (Å²) in [6.45, 7) is 2.98. The van der Waals surface area contributed by atoms with Gasteiger partial charge >= 0.3 is 0 Å². The zero-order valence-electron chi connectivity index (χ0n) is 12.1. The second-order valence-corrected chi connectivity index (χ2v) is 7.14. The van der Waals surface area contributed by atoms with Crippen LogP contribution in [-0.2, 0) is 4.79 Å². The number of thiocarbonyl (C=S) groups is 1. The molecule has 1 heterocycles. The fourth-order valence-electron chi connectivity index (χ4n) is 2.59. The predicted molar refractivity (Wildman–Crippen MR) is 90.6 cm³/mol. The quantitative estimate of drug-likeness (QED) is 0.308. The number of amides is 1. The molecular weight excluding hydrogens is 286 g/mol. The molecule has 0 aromatic carbocycles. The van der Waals surface area contributed by atoms with E-state index in [1.165, 1.54) is 31.0 Å². The zero-order chi connectivity index (χ0) is 14.4. The van der Waals surface area contributed by atoms with Gasteiger partial charge in [-0.05, 0) is 31.6 Å². The number of allylic oxidation sites excluding steroid dienone is 3. The van der Waals surface area contributed by atoms with Gasteiger partial charge in [0.25, 0.3) is 5.91 Å². The minimum Gasteiger partial charge on any atom is -0.293 e. The summed E-state index contributed by atoms with van der Waals surface area (Å²) in [5, 5.41) is 0. The Morgan fingerprint density at radius 1 is 1.40 bits per heavy atom. The van der Waals surface area contributed by atoms with Gasteiger partial charge in [-0.2, -0.15) is 0 Å². The van der Waals surface area contributed by atoms with Crippen molar-refractivity contribution >= 4 is 34.2 Å². The molecule has 1 saturated heterocycles. The van der Waals surface area contributed by atoms with Crippen LogP contribution >= 0.6 is 24.0 Å². The fourth-order valence-corrected chi connectivity index (χ4v) is 3.96. The highest BCUT2D eigenvalue weighted by molar-refractivity contribution is 8.26. The Hall–Kier alpha value is -0.610. The highest BCUT2D eigenvalue weighted by Crippen LogP contribution is 2.34. The lowest BCUT2D eigenvalue weighted by molar-refractivity contribution is -0.122. The van der Waals surface area contributed by atoms with E-state index in [1.54, 1.807) is 4.90 Å². The van der Waals surface area contributed by atoms with Crippen LogP contribution in [0.25, 0.3) is 0 Å². The molecule has 0 aromatic rings. The molecule has 0 aromatic heterocycles. The zero-order valence-corrected chi connectivity index (χ0v) is 13.8. The van der Waals surface area contributed by atoms with Crippen molar-refractivity contribution in [2.24, 2.45) is 5.92 Å². The van der Waals surface area contributed by atoms with Gasteiger partial charge in [0, 0.05) is 6.54 Å². The van der Waals surface area contributed by atoms with Gasteiger partial charge in [-0.15, -0.1) is 0 Å². The number of carbonyl (C=O) groups excluding carboxylic acids is 1. The second-order valence-electron chi connectivity index (χ2n) is 5.46. The molecule has 1 amide bonds. The van der Waals surface area contributed by atoms with Crippen molar-refractivity contribution in [3.8, 4) is 0 Å². The van der Waals surface area contributed by atoms with Gasteiger partial charge in [-0.1, -0.05) is 68.4 Å². The van der Waals surface area contributed by atoms with Crippen molar-refractivity contribution in [3.63, 3.8) is 0 Å². The summed E-state index contributed by atoms with van der Waals surface area (Å²) in [6.07, 6.45) is 14.6. The molecule has 0 bridgehead atoms. The number of hydrogen-bond donors (Lipinski definition) is 0. The van der Waals surface area contributed by atoms with Crippen molar-refractivity contribution in [1.29, 1.82) is 0 Å².